The Morgan fingerprint density at radius 2 is 1.85 bits per heavy atom. The summed E-state index contributed by atoms with van der Waals surface area (Å²) in [5.41, 5.74) is 3.36. The number of benzene rings is 2. The number of aromatic nitrogens is 2. The third kappa shape index (κ3) is 3.74. The zero-order valence-corrected chi connectivity index (χ0v) is 15.7. The minimum absolute atomic E-state index is 0.137. The van der Waals surface area contributed by atoms with Gasteiger partial charge in [0.25, 0.3) is 0 Å². The highest BCUT2D eigenvalue weighted by Crippen LogP contribution is 2.30. The van der Waals surface area contributed by atoms with Crippen LogP contribution in [0, 0.1) is 0 Å². The predicted molar refractivity (Wildman–Crippen MR) is 106 cm³/mol. The molecular formula is C22H25N3O2. The van der Waals surface area contributed by atoms with Crippen molar-refractivity contribution in [1.82, 2.24) is 14.5 Å². The lowest BCUT2D eigenvalue weighted by molar-refractivity contribution is -0.127. The number of rotatable bonds is 7. The van der Waals surface area contributed by atoms with E-state index in [2.05, 4.69) is 22.8 Å². The van der Waals surface area contributed by atoms with E-state index in [1.165, 1.54) is 5.56 Å². The molecule has 1 aliphatic rings. The van der Waals surface area contributed by atoms with Gasteiger partial charge in [-0.3, -0.25) is 4.79 Å². The molecule has 0 bridgehead atoms. The Balaban J connectivity index is 1.53. The Labute approximate surface area is 159 Å². The van der Waals surface area contributed by atoms with Crippen molar-refractivity contribution in [3.63, 3.8) is 0 Å². The van der Waals surface area contributed by atoms with Gasteiger partial charge in [-0.25, -0.2) is 4.98 Å². The summed E-state index contributed by atoms with van der Waals surface area (Å²) in [4.78, 5) is 19.4. The van der Waals surface area contributed by atoms with Gasteiger partial charge >= 0.3 is 0 Å². The summed E-state index contributed by atoms with van der Waals surface area (Å²) in [6.07, 6.45) is 1.42. The molecule has 0 saturated carbocycles. The van der Waals surface area contributed by atoms with Gasteiger partial charge in [-0.1, -0.05) is 42.5 Å². The number of hydrogen-bond donors (Lipinski definition) is 0. The summed E-state index contributed by atoms with van der Waals surface area (Å²) in [7, 11) is 1.71. The Morgan fingerprint density at radius 3 is 2.67 bits per heavy atom. The van der Waals surface area contributed by atoms with Crippen LogP contribution in [0.3, 0.4) is 0 Å². The number of carbonyl (C=O) groups excluding carboxylic acids is 1. The van der Waals surface area contributed by atoms with E-state index in [0.717, 1.165) is 42.9 Å². The van der Waals surface area contributed by atoms with Gasteiger partial charge in [-0.05, 0) is 24.1 Å². The Kier molecular flexibility index (Phi) is 5.21. The lowest BCUT2D eigenvalue weighted by Crippen LogP contribution is -2.27. The highest BCUT2D eigenvalue weighted by Gasteiger charge is 2.33. The second kappa shape index (κ2) is 7.92. The monoisotopic (exact) mass is 363 g/mol. The molecule has 2 heterocycles. The molecule has 4 rings (SSSR count). The van der Waals surface area contributed by atoms with E-state index < -0.39 is 0 Å². The van der Waals surface area contributed by atoms with Gasteiger partial charge in [-0.2, -0.15) is 0 Å². The van der Waals surface area contributed by atoms with Crippen LogP contribution in [0.5, 0.6) is 0 Å². The number of amides is 1. The first-order valence-electron chi connectivity index (χ1n) is 9.52. The van der Waals surface area contributed by atoms with Gasteiger partial charge in [0, 0.05) is 39.1 Å². The third-order valence-corrected chi connectivity index (χ3v) is 5.30. The zero-order valence-electron chi connectivity index (χ0n) is 15.7. The molecule has 0 aliphatic carbocycles. The van der Waals surface area contributed by atoms with Crippen LogP contribution < -0.4 is 0 Å². The number of methoxy groups -OCH3 is 1. The first kappa shape index (κ1) is 17.7. The summed E-state index contributed by atoms with van der Waals surface area (Å²) >= 11 is 0. The highest BCUT2D eigenvalue weighted by atomic mass is 16.5. The normalized spacial score (nSPS) is 17.1. The molecule has 1 unspecified atom stereocenters. The second-order valence-corrected chi connectivity index (χ2v) is 7.08. The van der Waals surface area contributed by atoms with Crippen LogP contribution in [-0.4, -0.2) is 47.2 Å². The molecule has 1 fully saturated rings. The fraction of sp³-hybridized carbons (Fsp3) is 0.364. The summed E-state index contributed by atoms with van der Waals surface area (Å²) in [5.74, 6) is 1.36. The fourth-order valence-electron chi connectivity index (χ4n) is 3.89. The molecule has 0 radical (unpaired) electrons. The van der Waals surface area contributed by atoms with Gasteiger partial charge in [0.1, 0.15) is 5.82 Å². The van der Waals surface area contributed by atoms with Crippen LogP contribution in [0.2, 0.25) is 0 Å². The largest absolute Gasteiger partial charge is 0.383 e. The first-order chi connectivity index (χ1) is 13.3. The smallest absolute Gasteiger partial charge is 0.223 e. The SMILES string of the molecule is COCCn1c(C2CC(=O)N(CCc3ccccc3)C2)nc2ccccc21. The lowest BCUT2D eigenvalue weighted by atomic mass is 10.1. The lowest BCUT2D eigenvalue weighted by Gasteiger charge is -2.17. The molecule has 2 aromatic carbocycles. The molecular weight excluding hydrogens is 338 g/mol. The van der Waals surface area contributed by atoms with E-state index in [1.54, 1.807) is 7.11 Å². The van der Waals surface area contributed by atoms with E-state index in [9.17, 15) is 4.79 Å². The summed E-state index contributed by atoms with van der Waals surface area (Å²) in [6.45, 7) is 2.88. The summed E-state index contributed by atoms with van der Waals surface area (Å²) in [5, 5.41) is 0. The van der Waals surface area contributed by atoms with E-state index in [1.807, 2.05) is 41.3 Å². The molecule has 1 atom stereocenters. The van der Waals surface area contributed by atoms with Crippen molar-refractivity contribution in [2.24, 2.45) is 0 Å². The molecule has 0 N–H and O–H groups in total. The Bertz CT molecular complexity index is 920. The van der Waals surface area contributed by atoms with Gasteiger partial charge in [0.05, 0.1) is 17.6 Å². The van der Waals surface area contributed by atoms with Crippen LogP contribution in [0.4, 0.5) is 0 Å². The maximum atomic E-state index is 12.6. The van der Waals surface area contributed by atoms with Crippen molar-refractivity contribution >= 4 is 16.9 Å². The average Bonchev–Trinajstić information content (AvgIpc) is 3.25. The van der Waals surface area contributed by atoms with Crippen LogP contribution in [0.1, 0.15) is 23.7 Å². The van der Waals surface area contributed by atoms with Gasteiger partial charge in [0.2, 0.25) is 5.91 Å². The molecule has 3 aromatic rings. The van der Waals surface area contributed by atoms with E-state index in [0.29, 0.717) is 13.0 Å². The third-order valence-electron chi connectivity index (χ3n) is 5.30. The average molecular weight is 363 g/mol. The van der Waals surface area contributed by atoms with Crippen molar-refractivity contribution in [3.8, 4) is 0 Å². The van der Waals surface area contributed by atoms with Gasteiger partial charge in [0.15, 0.2) is 0 Å². The van der Waals surface area contributed by atoms with E-state index in [4.69, 9.17) is 9.72 Å². The molecule has 1 saturated heterocycles. The predicted octanol–water partition coefficient (Wildman–Crippen LogP) is 3.24. The first-order valence-corrected chi connectivity index (χ1v) is 9.52. The molecule has 27 heavy (non-hydrogen) atoms. The summed E-state index contributed by atoms with van der Waals surface area (Å²) < 4.78 is 7.51. The minimum Gasteiger partial charge on any atom is -0.383 e. The zero-order chi connectivity index (χ0) is 18.6. The number of hydrogen-bond acceptors (Lipinski definition) is 3. The van der Waals surface area contributed by atoms with Crippen molar-refractivity contribution < 1.29 is 9.53 Å². The fourth-order valence-corrected chi connectivity index (χ4v) is 3.89. The van der Waals surface area contributed by atoms with E-state index >= 15 is 0 Å². The number of para-hydroxylation sites is 2. The van der Waals surface area contributed by atoms with Crippen molar-refractivity contribution in [1.29, 1.82) is 0 Å². The molecule has 1 aliphatic heterocycles. The highest BCUT2D eigenvalue weighted by molar-refractivity contribution is 5.81. The minimum atomic E-state index is 0.137. The number of carbonyl (C=O) groups is 1. The van der Waals surface area contributed by atoms with Crippen molar-refractivity contribution in [2.75, 3.05) is 26.8 Å². The van der Waals surface area contributed by atoms with Crippen LogP contribution in [-0.2, 0) is 22.5 Å². The summed E-state index contributed by atoms with van der Waals surface area (Å²) in [6, 6.07) is 18.5. The van der Waals surface area contributed by atoms with Crippen LogP contribution >= 0.6 is 0 Å². The number of ether oxygens (including phenoxy) is 1. The van der Waals surface area contributed by atoms with Crippen LogP contribution in [0.25, 0.3) is 11.0 Å². The number of nitrogens with zero attached hydrogens (tertiary/aromatic N) is 3. The van der Waals surface area contributed by atoms with E-state index in [-0.39, 0.29) is 11.8 Å². The molecule has 5 nitrogen and oxygen atoms in total. The Morgan fingerprint density at radius 1 is 1.07 bits per heavy atom. The molecule has 1 amide bonds. The van der Waals surface area contributed by atoms with Crippen molar-refractivity contribution in [3.05, 3.63) is 66.0 Å². The molecule has 0 spiro atoms. The topological polar surface area (TPSA) is 47.4 Å². The second-order valence-electron chi connectivity index (χ2n) is 7.08. The molecule has 1 aromatic heterocycles. The Hall–Kier alpha value is -2.66. The van der Waals surface area contributed by atoms with Crippen LogP contribution in [0.15, 0.2) is 54.6 Å². The standard InChI is InChI=1S/C22H25N3O2/c1-27-14-13-25-20-10-6-5-9-19(20)23-22(25)18-15-21(26)24(16-18)12-11-17-7-3-2-4-8-17/h2-10,18H,11-16H2,1H3. The quantitative estimate of drug-likeness (QED) is 0.647. The van der Waals surface area contributed by atoms with Gasteiger partial charge < -0.3 is 14.2 Å². The number of fused-ring (bicyclic) bond motifs is 1. The molecule has 5 heteroatoms. The van der Waals surface area contributed by atoms with Gasteiger partial charge in [-0.15, -0.1) is 0 Å². The maximum Gasteiger partial charge on any atom is 0.223 e. The molecule has 140 valence electrons. The van der Waals surface area contributed by atoms with Crippen molar-refractivity contribution in [2.45, 2.75) is 25.3 Å². The number of imidazole rings is 1. The number of likely N-dealkylation sites (tertiary alicyclic amines) is 1. The maximum absolute atomic E-state index is 12.6.